The fourth-order valence-electron chi connectivity index (χ4n) is 11.5. The van der Waals surface area contributed by atoms with E-state index in [2.05, 4.69) is 73.5 Å². The number of hydrogen-bond donors (Lipinski definition) is 21. The number of aliphatic imine (C=N–C) groups is 3. The van der Waals surface area contributed by atoms with Crippen LogP contribution in [0.4, 0.5) is 0 Å². The lowest BCUT2D eigenvalue weighted by molar-refractivity contribution is -0.143. The molecule has 29 N–H and O–H groups in total. The van der Waals surface area contributed by atoms with Crippen LogP contribution >= 0.6 is 21.6 Å². The predicted octanol–water partition coefficient (Wildman–Crippen LogP) is -5.05. The van der Waals surface area contributed by atoms with Crippen LogP contribution in [0.2, 0.25) is 0 Å². The third-order valence-corrected chi connectivity index (χ3v) is 20.0. The molecule has 0 saturated carbocycles. The Morgan fingerprint density at radius 3 is 1.64 bits per heavy atom. The van der Waals surface area contributed by atoms with Crippen LogP contribution in [0.25, 0.3) is 0 Å². The molecule has 0 aromatic heterocycles. The number of fused-ring (bicyclic) bond motifs is 1. The summed E-state index contributed by atoms with van der Waals surface area (Å²) in [5.74, 6) is -14.4. The van der Waals surface area contributed by atoms with Crippen molar-refractivity contribution in [1.29, 1.82) is 0 Å². The van der Waals surface area contributed by atoms with Crippen molar-refractivity contribution in [2.45, 2.75) is 190 Å². The van der Waals surface area contributed by atoms with E-state index in [-0.39, 0.29) is 139 Å². The highest BCUT2D eigenvalue weighted by atomic mass is 33.1. The number of hydrogen-bond acceptors (Lipinski definition) is 21. The summed E-state index contributed by atoms with van der Waals surface area (Å²) in [5, 5.41) is 49.2. The summed E-state index contributed by atoms with van der Waals surface area (Å²) in [6.45, 7) is 5.78. The molecular formula is C69H111N23O15S2. The van der Waals surface area contributed by atoms with Gasteiger partial charge in [-0.05, 0) is 125 Å². The van der Waals surface area contributed by atoms with E-state index in [9.17, 15) is 63.0 Å². The number of carboxylic acid groups (broad SMARTS) is 1. The zero-order chi connectivity index (χ0) is 80.7. The monoisotopic (exact) mass is 1570 g/mol. The van der Waals surface area contributed by atoms with Gasteiger partial charge in [-0.2, -0.15) is 0 Å². The molecule has 0 bridgehead atoms. The van der Waals surface area contributed by atoms with Gasteiger partial charge in [0.2, 0.25) is 70.9 Å². The molecule has 2 saturated heterocycles. The van der Waals surface area contributed by atoms with E-state index in [0.29, 0.717) is 30.4 Å². The molecule has 2 aromatic rings. The van der Waals surface area contributed by atoms with Gasteiger partial charge >= 0.3 is 5.97 Å². The van der Waals surface area contributed by atoms with Gasteiger partial charge in [0.25, 0.3) is 0 Å². The largest absolute Gasteiger partial charge is 0.508 e. The average molecular weight is 1570 g/mol. The number of nitrogens with one attached hydrogen (secondary N) is 11. The smallest absolute Gasteiger partial charge is 0.327 e. The molecule has 2 aliphatic rings. The van der Waals surface area contributed by atoms with Gasteiger partial charge in [-0.3, -0.25) is 72.5 Å². The molecule has 604 valence electrons. The first-order chi connectivity index (χ1) is 51.8. The molecule has 0 unspecified atom stereocenters. The van der Waals surface area contributed by atoms with E-state index >= 15 is 9.59 Å². The summed E-state index contributed by atoms with van der Waals surface area (Å²) in [7, 11) is 1.70. The highest BCUT2D eigenvalue weighted by Gasteiger charge is 2.42. The molecular weight excluding hydrogens is 1460 g/mol. The maximum Gasteiger partial charge on any atom is 0.327 e. The predicted molar refractivity (Wildman–Crippen MR) is 412 cm³/mol. The summed E-state index contributed by atoms with van der Waals surface area (Å²) in [6, 6.07) is -1.35. The minimum Gasteiger partial charge on any atom is -0.508 e. The van der Waals surface area contributed by atoms with E-state index < -0.39 is 174 Å². The third-order valence-electron chi connectivity index (χ3n) is 17.6. The van der Waals surface area contributed by atoms with Crippen molar-refractivity contribution < 1.29 is 72.5 Å². The van der Waals surface area contributed by atoms with Gasteiger partial charge in [-0.1, -0.05) is 98.2 Å². The SMILES string of the molecule is CC[C@H](C)[C@H]1NC(=O)[C@H](CCCN=C(N)N)NC(=O)[C@@H](CCCN=C(N)N)NC(=O)[C@H](NC(=O)[C@H](Cc2ccccc2)NC(=O)CNC(=O)CNC(=O)[C@@H](N)Cc2ccc(O)cc2)CSSC[C@H](C(=O)O)NC(=O)[C@@H](CC(C)C)NC(=O)[C@H](CCCCN)NC(=O)[C@@H]2CCCN2C(=O)[C@H](CCCN=C(N)N)NC1=O. The Balaban J connectivity index is 1.85. The van der Waals surface area contributed by atoms with Gasteiger partial charge in [0.1, 0.15) is 66.2 Å². The molecule has 0 radical (unpaired) electrons. The second kappa shape index (κ2) is 48.2. The molecule has 4 rings (SSSR count). The van der Waals surface area contributed by atoms with Gasteiger partial charge < -0.3 is 119 Å². The van der Waals surface area contributed by atoms with Crippen LogP contribution in [-0.2, 0) is 75.2 Å². The maximum atomic E-state index is 15.1. The quantitative estimate of drug-likeness (QED) is 0.0138. The van der Waals surface area contributed by atoms with Crippen LogP contribution < -0.4 is 104 Å². The number of rotatable bonds is 33. The lowest BCUT2D eigenvalue weighted by Gasteiger charge is -2.32. The van der Waals surface area contributed by atoms with Crippen molar-refractivity contribution in [1.82, 2.24) is 63.4 Å². The summed E-state index contributed by atoms with van der Waals surface area (Å²) in [5.41, 5.74) is 46.9. The third kappa shape index (κ3) is 33.9. The summed E-state index contributed by atoms with van der Waals surface area (Å²) < 4.78 is 0. The number of aliphatic carboxylic acids is 1. The molecule has 12 amide bonds. The number of nitrogens with zero attached hydrogens (tertiary/aromatic N) is 4. The van der Waals surface area contributed by atoms with Crippen molar-refractivity contribution >= 4 is 116 Å². The van der Waals surface area contributed by atoms with Gasteiger partial charge in [0.05, 0.1) is 19.1 Å². The molecule has 2 fully saturated rings. The number of nitrogens with two attached hydrogens (primary N) is 8. The normalized spacial score (nSPS) is 21.8. The summed E-state index contributed by atoms with van der Waals surface area (Å²) >= 11 is 0. The van der Waals surface area contributed by atoms with Crippen LogP contribution in [0.1, 0.15) is 122 Å². The number of carbonyl (C=O) groups excluding carboxylic acids is 12. The Morgan fingerprint density at radius 1 is 0.578 bits per heavy atom. The maximum absolute atomic E-state index is 15.1. The standard InChI is InChI=1S/C69H111N23O15S2/c1-5-39(4)55-64(104)87-47(20-13-29-80-69(76)77)65(105)92-30-14-21-52(92)63(103)86-44(17-9-10-26-70)58(98)88-48(31-38(2)3)60(100)90-51(66(106)107)37-109-108-36-50(62(102)85-45(18-11-27-78-67(72)73)57(97)84-46(59(99)91-55)19-12-28-79-68(74)75)89-61(101)49(33-40-15-7-6-8-16-40)83-54(95)35-81-53(94)34-82-56(96)43(71)32-41-22-24-42(93)25-23-41/h6-8,15-16,22-25,38-39,43-52,55,93H,5,9-14,17-21,26-37,70-71H2,1-4H3,(H,81,94)(H,82,96)(H,83,95)(H,84,97)(H,85,102)(H,86,103)(H,87,104)(H,88,98)(H,89,101)(H,90,100)(H,91,99)(H,106,107)(H4,72,73,78)(H4,74,75,79)(H4,76,77,80)/t39-,43-,44-,45+,46-,47-,48+,49-,50+,51+,52-,55+/m0/s1. The zero-order valence-corrected chi connectivity index (χ0v) is 63.7. The molecule has 0 spiro atoms. The number of carboxylic acids is 1. The van der Waals surface area contributed by atoms with E-state index in [1.54, 1.807) is 70.2 Å². The van der Waals surface area contributed by atoms with Crippen LogP contribution in [0.3, 0.4) is 0 Å². The second-order valence-corrected chi connectivity index (χ2v) is 29.5. The first-order valence-electron chi connectivity index (χ1n) is 36.3. The number of benzene rings is 2. The Hall–Kier alpha value is -10.2. The van der Waals surface area contributed by atoms with Crippen molar-refractivity contribution in [3.63, 3.8) is 0 Å². The van der Waals surface area contributed by atoms with Gasteiger partial charge in [-0.25, -0.2) is 4.79 Å². The van der Waals surface area contributed by atoms with E-state index in [1.165, 1.54) is 17.0 Å². The minimum atomic E-state index is -1.68. The molecule has 40 heteroatoms. The van der Waals surface area contributed by atoms with Crippen molar-refractivity contribution in [2.75, 3.05) is 57.3 Å². The van der Waals surface area contributed by atoms with E-state index in [0.717, 1.165) is 21.6 Å². The minimum absolute atomic E-state index is 0.00618. The van der Waals surface area contributed by atoms with Crippen LogP contribution in [0, 0.1) is 11.8 Å². The average Bonchev–Trinajstić information content (AvgIpc) is 1.78. The molecule has 38 nitrogen and oxygen atoms in total. The Bertz CT molecular complexity index is 3460. The van der Waals surface area contributed by atoms with Crippen LogP contribution in [0.15, 0.2) is 69.6 Å². The topological polar surface area (TPSA) is 643 Å². The van der Waals surface area contributed by atoms with E-state index in [1.807, 2.05) is 0 Å². The Labute approximate surface area is 641 Å². The Morgan fingerprint density at radius 2 is 1.08 bits per heavy atom. The number of guanidine groups is 3. The molecule has 0 aliphatic carbocycles. The fourth-order valence-corrected chi connectivity index (χ4v) is 13.9. The van der Waals surface area contributed by atoms with Crippen LogP contribution in [0.5, 0.6) is 5.75 Å². The lowest BCUT2D eigenvalue weighted by Crippen LogP contribution is -2.61. The van der Waals surface area contributed by atoms with E-state index in [4.69, 9.17) is 45.9 Å². The van der Waals surface area contributed by atoms with Crippen molar-refractivity contribution in [3.05, 3.63) is 65.7 Å². The van der Waals surface area contributed by atoms with Gasteiger partial charge in [0.15, 0.2) is 17.9 Å². The van der Waals surface area contributed by atoms with Crippen LogP contribution in [-0.4, -0.2) is 234 Å². The number of unbranched alkanes of at least 4 members (excludes halogenated alkanes) is 1. The highest BCUT2D eigenvalue weighted by molar-refractivity contribution is 8.76. The molecule has 2 aromatic carbocycles. The first kappa shape index (κ1) is 91.2. The first-order valence-corrected chi connectivity index (χ1v) is 38.8. The molecule has 2 aliphatic heterocycles. The molecule has 2 heterocycles. The van der Waals surface area contributed by atoms with Crippen molar-refractivity contribution in [3.8, 4) is 5.75 Å². The molecule has 12 atom stereocenters. The second-order valence-electron chi connectivity index (χ2n) is 26.9. The summed E-state index contributed by atoms with van der Waals surface area (Å²) in [4.78, 5) is 199. The number of phenolic OH excluding ortho intramolecular Hbond substituents is 1. The number of carbonyl (C=O) groups is 13. The molecule has 109 heavy (non-hydrogen) atoms. The van der Waals surface area contributed by atoms with Gasteiger partial charge in [0, 0.05) is 44.1 Å². The number of phenols is 1. The highest BCUT2D eigenvalue weighted by Crippen LogP contribution is 2.25. The van der Waals surface area contributed by atoms with Gasteiger partial charge in [-0.15, -0.1) is 0 Å². The lowest BCUT2D eigenvalue weighted by atomic mass is 9.96. The zero-order valence-electron chi connectivity index (χ0n) is 62.1. The Kier molecular flexibility index (Phi) is 40.4. The fraction of sp³-hybridized carbons (Fsp3) is 0.594. The number of aromatic hydroxyl groups is 1. The summed E-state index contributed by atoms with van der Waals surface area (Å²) in [6.07, 6.45) is 1.05. The number of amides is 12. The van der Waals surface area contributed by atoms with Crippen molar-refractivity contribution in [2.24, 2.45) is 72.7 Å².